The first-order valence-electron chi connectivity index (χ1n) is 10.6. The van der Waals surface area contributed by atoms with Gasteiger partial charge in [0.2, 0.25) is 0 Å². The van der Waals surface area contributed by atoms with Gasteiger partial charge in [0, 0.05) is 38.1 Å². The molecule has 0 saturated carbocycles. The minimum Gasteiger partial charge on any atom is -0.304 e. The molecule has 5 aromatic rings. The fraction of sp³-hybridized carbons (Fsp3) is 0.0667. The van der Waals surface area contributed by atoms with Crippen LogP contribution in [0.4, 0.5) is 0 Å². The molecule has 3 aromatic carbocycles. The molecule has 2 heterocycles. The van der Waals surface area contributed by atoms with Gasteiger partial charge in [-0.2, -0.15) is 0 Å². The summed E-state index contributed by atoms with van der Waals surface area (Å²) in [6.45, 7) is 4.18. The molecule has 0 aliphatic carbocycles. The van der Waals surface area contributed by atoms with Gasteiger partial charge in [-0.15, -0.1) is 71.8 Å². The number of aryl methyl sites for hydroxylation is 2. The summed E-state index contributed by atoms with van der Waals surface area (Å²) in [6.07, 6.45) is 3.75. The van der Waals surface area contributed by atoms with Gasteiger partial charge in [0.05, 0.1) is 0 Å². The van der Waals surface area contributed by atoms with Gasteiger partial charge in [0.25, 0.3) is 0 Å². The van der Waals surface area contributed by atoms with Crippen LogP contribution in [0.1, 0.15) is 11.1 Å². The van der Waals surface area contributed by atoms with Gasteiger partial charge in [-0.3, -0.25) is 0 Å². The molecule has 3 heteroatoms. The third-order valence-electron chi connectivity index (χ3n) is 5.15. The molecule has 0 fully saturated rings. The van der Waals surface area contributed by atoms with E-state index in [0.29, 0.717) is 0 Å². The van der Waals surface area contributed by atoms with Crippen molar-refractivity contribution in [2.24, 2.45) is 0 Å². The van der Waals surface area contributed by atoms with E-state index in [0.717, 1.165) is 22.5 Å². The SMILES string of the molecule is Cc1cc(-c2[c-]cccc2)ncc1-c1ccccc1.Cc1cccnc1-c1[c-]cccc1.[Ir]. The van der Waals surface area contributed by atoms with Crippen molar-refractivity contribution in [1.29, 1.82) is 0 Å². The van der Waals surface area contributed by atoms with Crippen molar-refractivity contribution >= 4 is 0 Å². The molecule has 0 spiro atoms. The van der Waals surface area contributed by atoms with Crippen molar-refractivity contribution in [3.8, 4) is 33.6 Å². The zero-order chi connectivity index (χ0) is 22.2. The number of pyridine rings is 2. The third kappa shape index (κ3) is 6.32. The number of benzene rings is 3. The molecule has 33 heavy (non-hydrogen) atoms. The number of hydrogen-bond donors (Lipinski definition) is 0. The van der Waals surface area contributed by atoms with Crippen LogP contribution in [-0.4, -0.2) is 9.97 Å². The van der Waals surface area contributed by atoms with Crippen LogP contribution < -0.4 is 0 Å². The topological polar surface area (TPSA) is 25.8 Å². The van der Waals surface area contributed by atoms with E-state index in [9.17, 15) is 0 Å². The normalized spacial score (nSPS) is 9.88. The molecule has 0 aliphatic rings. The monoisotopic (exact) mass is 605 g/mol. The van der Waals surface area contributed by atoms with Gasteiger partial charge in [-0.1, -0.05) is 48.0 Å². The summed E-state index contributed by atoms with van der Waals surface area (Å²) in [4.78, 5) is 8.87. The Morgan fingerprint density at radius 2 is 1.30 bits per heavy atom. The van der Waals surface area contributed by atoms with Crippen LogP contribution in [0.2, 0.25) is 0 Å². The maximum Gasteiger partial charge on any atom is 0.0242 e. The molecule has 0 aliphatic heterocycles. The number of aromatic nitrogens is 2. The van der Waals surface area contributed by atoms with Gasteiger partial charge in [0.15, 0.2) is 0 Å². The van der Waals surface area contributed by atoms with Crippen molar-refractivity contribution in [2.75, 3.05) is 0 Å². The molecule has 2 nitrogen and oxygen atoms in total. The van der Waals surface area contributed by atoms with Crippen molar-refractivity contribution in [1.82, 2.24) is 9.97 Å². The number of rotatable bonds is 3. The summed E-state index contributed by atoms with van der Waals surface area (Å²) in [6, 6.07) is 38.7. The summed E-state index contributed by atoms with van der Waals surface area (Å²) in [5.41, 5.74) is 8.88. The minimum absolute atomic E-state index is 0. The molecular weight excluding hydrogens is 581 g/mol. The van der Waals surface area contributed by atoms with Crippen molar-refractivity contribution in [2.45, 2.75) is 13.8 Å². The summed E-state index contributed by atoms with van der Waals surface area (Å²) >= 11 is 0. The van der Waals surface area contributed by atoms with Crippen LogP contribution in [0.3, 0.4) is 0 Å². The summed E-state index contributed by atoms with van der Waals surface area (Å²) in [5.74, 6) is 0. The summed E-state index contributed by atoms with van der Waals surface area (Å²) < 4.78 is 0. The molecule has 2 aromatic heterocycles. The van der Waals surface area contributed by atoms with E-state index in [4.69, 9.17) is 0 Å². The molecule has 0 amide bonds. The predicted molar refractivity (Wildman–Crippen MR) is 132 cm³/mol. The van der Waals surface area contributed by atoms with Crippen molar-refractivity contribution in [3.63, 3.8) is 0 Å². The van der Waals surface area contributed by atoms with E-state index >= 15 is 0 Å². The Morgan fingerprint density at radius 1 is 0.636 bits per heavy atom. The first-order chi connectivity index (χ1) is 15.7. The van der Waals surface area contributed by atoms with Crippen molar-refractivity contribution in [3.05, 3.63) is 133 Å². The minimum atomic E-state index is 0. The molecule has 165 valence electrons. The molecule has 5 rings (SSSR count). The van der Waals surface area contributed by atoms with Crippen LogP contribution in [0, 0.1) is 26.0 Å². The predicted octanol–water partition coefficient (Wildman–Crippen LogP) is 7.38. The van der Waals surface area contributed by atoms with Gasteiger partial charge in [-0.25, -0.2) is 0 Å². The van der Waals surface area contributed by atoms with Crippen LogP contribution in [0.15, 0.2) is 109 Å². The van der Waals surface area contributed by atoms with Crippen LogP contribution in [0.5, 0.6) is 0 Å². The molecule has 0 unspecified atom stereocenters. The second-order valence-electron chi connectivity index (χ2n) is 7.47. The Morgan fingerprint density at radius 3 is 1.91 bits per heavy atom. The second kappa shape index (κ2) is 12.0. The second-order valence-corrected chi connectivity index (χ2v) is 7.47. The van der Waals surface area contributed by atoms with E-state index in [-0.39, 0.29) is 20.1 Å². The number of hydrogen-bond acceptors (Lipinski definition) is 2. The molecular formula is C30H24IrN2-2. The number of nitrogens with zero attached hydrogens (tertiary/aromatic N) is 2. The molecule has 0 atom stereocenters. The first kappa shape index (κ1) is 24.3. The van der Waals surface area contributed by atoms with Gasteiger partial charge in [-0.05, 0) is 42.4 Å². The quantitative estimate of drug-likeness (QED) is 0.201. The van der Waals surface area contributed by atoms with E-state index in [2.05, 4.69) is 60.2 Å². The fourth-order valence-electron chi connectivity index (χ4n) is 3.48. The third-order valence-corrected chi connectivity index (χ3v) is 5.15. The zero-order valence-corrected chi connectivity index (χ0v) is 21.0. The van der Waals surface area contributed by atoms with Crippen LogP contribution >= 0.6 is 0 Å². The van der Waals surface area contributed by atoms with E-state index < -0.39 is 0 Å². The van der Waals surface area contributed by atoms with Gasteiger partial charge in [0.1, 0.15) is 0 Å². The molecule has 0 saturated heterocycles. The standard InChI is InChI=1S/C18H14N.C12H10N.Ir/c1-14-12-18(16-10-6-3-7-11-16)19-13-17(14)15-8-4-2-5-9-15;1-10-6-5-9-13-12(10)11-7-3-2-4-8-11;/h2-10,12-13H,1H3;2-7,9H,1H3;/q2*-1;. The Kier molecular flexibility index (Phi) is 8.83. The smallest absolute Gasteiger partial charge is 0.0242 e. The summed E-state index contributed by atoms with van der Waals surface area (Å²) in [5, 5.41) is 0. The van der Waals surface area contributed by atoms with E-state index in [1.54, 1.807) is 0 Å². The van der Waals surface area contributed by atoms with E-state index in [1.165, 1.54) is 22.3 Å². The van der Waals surface area contributed by atoms with Crippen LogP contribution in [-0.2, 0) is 20.1 Å². The maximum atomic E-state index is 4.55. The Bertz CT molecular complexity index is 1270. The Hall–Kier alpha value is -3.39. The molecule has 0 N–H and O–H groups in total. The van der Waals surface area contributed by atoms with Gasteiger partial charge < -0.3 is 9.97 Å². The molecule has 1 radical (unpaired) electrons. The first-order valence-corrected chi connectivity index (χ1v) is 10.6. The van der Waals surface area contributed by atoms with Crippen molar-refractivity contribution < 1.29 is 20.1 Å². The average Bonchev–Trinajstić information content (AvgIpc) is 2.86. The van der Waals surface area contributed by atoms with Gasteiger partial charge >= 0.3 is 0 Å². The Balaban J connectivity index is 0.000000192. The fourth-order valence-corrected chi connectivity index (χ4v) is 3.48. The maximum absolute atomic E-state index is 4.55. The largest absolute Gasteiger partial charge is 0.304 e. The average molecular weight is 605 g/mol. The Labute approximate surface area is 209 Å². The molecule has 0 bridgehead atoms. The van der Waals surface area contributed by atoms with E-state index in [1.807, 2.05) is 85.2 Å². The zero-order valence-electron chi connectivity index (χ0n) is 18.6. The summed E-state index contributed by atoms with van der Waals surface area (Å²) in [7, 11) is 0. The van der Waals surface area contributed by atoms with Crippen LogP contribution in [0.25, 0.3) is 33.6 Å².